The highest BCUT2D eigenvalue weighted by Gasteiger charge is 2.24. The molecule has 5 nitrogen and oxygen atoms in total. The zero-order chi connectivity index (χ0) is 15.5. The highest BCUT2D eigenvalue weighted by atomic mass is 35.5. The second-order valence-electron chi connectivity index (χ2n) is 6.30. The number of thiazole rings is 1. The SMILES string of the molecule is CC(C)(C)OC(=O)N[C@H]1CCCN(Cc2cnc(Cl)s2)C1. The van der Waals surface area contributed by atoms with Crippen LogP contribution >= 0.6 is 22.9 Å². The number of rotatable bonds is 3. The molecular formula is C14H22ClN3O2S. The molecule has 1 atom stereocenters. The van der Waals surface area contributed by atoms with Crippen LogP contribution in [0.4, 0.5) is 4.79 Å². The fraction of sp³-hybridized carbons (Fsp3) is 0.714. The Hall–Kier alpha value is -0.850. The highest BCUT2D eigenvalue weighted by molar-refractivity contribution is 7.15. The summed E-state index contributed by atoms with van der Waals surface area (Å²) in [6, 6.07) is 0.136. The third-order valence-corrected chi connectivity index (χ3v) is 4.23. The number of likely N-dealkylation sites (tertiary alicyclic amines) is 1. The fourth-order valence-corrected chi connectivity index (χ4v) is 3.39. The van der Waals surface area contributed by atoms with Crippen LogP contribution in [0.1, 0.15) is 38.5 Å². The zero-order valence-corrected chi connectivity index (χ0v) is 14.3. The molecule has 1 N–H and O–H groups in total. The molecule has 1 saturated heterocycles. The summed E-state index contributed by atoms with van der Waals surface area (Å²) in [6.07, 6.45) is 3.53. The molecule has 0 unspecified atom stereocenters. The predicted octanol–water partition coefficient (Wildman–Crippen LogP) is 3.29. The van der Waals surface area contributed by atoms with Crippen molar-refractivity contribution in [3.8, 4) is 0 Å². The molecule has 0 saturated carbocycles. The Morgan fingerprint density at radius 2 is 2.38 bits per heavy atom. The molecule has 2 rings (SSSR count). The van der Waals surface area contributed by atoms with E-state index in [1.54, 1.807) is 0 Å². The standard InChI is InChI=1S/C14H22ClN3O2S/c1-14(2,3)20-13(19)17-10-5-4-6-18(8-10)9-11-7-16-12(15)21-11/h7,10H,4-6,8-9H2,1-3H3,(H,17,19)/t10-/m0/s1. The lowest BCUT2D eigenvalue weighted by Crippen LogP contribution is -2.48. The van der Waals surface area contributed by atoms with Crippen molar-refractivity contribution in [3.63, 3.8) is 0 Å². The first-order chi connectivity index (χ1) is 9.82. The topological polar surface area (TPSA) is 54.5 Å². The van der Waals surface area contributed by atoms with E-state index in [4.69, 9.17) is 16.3 Å². The van der Waals surface area contributed by atoms with Gasteiger partial charge in [0.05, 0.1) is 0 Å². The van der Waals surface area contributed by atoms with Crippen molar-refractivity contribution in [2.45, 2.75) is 51.8 Å². The van der Waals surface area contributed by atoms with Crippen molar-refractivity contribution >= 4 is 29.0 Å². The minimum absolute atomic E-state index is 0.136. The van der Waals surface area contributed by atoms with Gasteiger partial charge in [-0.3, -0.25) is 4.90 Å². The first kappa shape index (κ1) is 16.5. The second kappa shape index (κ2) is 6.94. The molecular weight excluding hydrogens is 310 g/mol. The van der Waals surface area contributed by atoms with E-state index in [0.717, 1.165) is 37.4 Å². The van der Waals surface area contributed by atoms with E-state index >= 15 is 0 Å². The molecule has 0 aliphatic carbocycles. The van der Waals surface area contributed by atoms with Crippen LogP contribution in [0.15, 0.2) is 6.20 Å². The van der Waals surface area contributed by atoms with Crippen LogP contribution in [0.5, 0.6) is 0 Å². The molecule has 0 spiro atoms. The van der Waals surface area contributed by atoms with E-state index in [0.29, 0.717) is 4.47 Å². The molecule has 118 valence electrons. The molecule has 1 fully saturated rings. The lowest BCUT2D eigenvalue weighted by atomic mass is 10.1. The van der Waals surface area contributed by atoms with Gasteiger partial charge in [-0.25, -0.2) is 9.78 Å². The van der Waals surface area contributed by atoms with Gasteiger partial charge in [-0.2, -0.15) is 0 Å². The molecule has 0 radical (unpaired) electrons. The van der Waals surface area contributed by atoms with Crippen LogP contribution in [-0.2, 0) is 11.3 Å². The van der Waals surface area contributed by atoms with Gasteiger partial charge in [0.25, 0.3) is 0 Å². The van der Waals surface area contributed by atoms with Gasteiger partial charge in [-0.05, 0) is 40.2 Å². The average Bonchev–Trinajstić information content (AvgIpc) is 2.72. The number of ether oxygens (including phenoxy) is 1. The van der Waals surface area contributed by atoms with Gasteiger partial charge in [-0.15, -0.1) is 11.3 Å². The van der Waals surface area contributed by atoms with Crippen LogP contribution in [0, 0.1) is 0 Å². The smallest absolute Gasteiger partial charge is 0.407 e. The molecule has 2 heterocycles. The van der Waals surface area contributed by atoms with Crippen LogP contribution in [-0.4, -0.2) is 40.7 Å². The Morgan fingerprint density at radius 1 is 1.62 bits per heavy atom. The largest absolute Gasteiger partial charge is 0.444 e. The molecule has 7 heteroatoms. The quantitative estimate of drug-likeness (QED) is 0.923. The first-order valence-corrected chi connectivity index (χ1v) is 8.33. The van der Waals surface area contributed by atoms with Gasteiger partial charge < -0.3 is 10.1 Å². The van der Waals surface area contributed by atoms with Crippen molar-refractivity contribution in [1.29, 1.82) is 0 Å². The highest BCUT2D eigenvalue weighted by Crippen LogP contribution is 2.21. The summed E-state index contributed by atoms with van der Waals surface area (Å²) in [5.74, 6) is 0. The summed E-state index contributed by atoms with van der Waals surface area (Å²) >= 11 is 7.36. The Labute approximate surface area is 134 Å². The monoisotopic (exact) mass is 331 g/mol. The van der Waals surface area contributed by atoms with E-state index < -0.39 is 5.60 Å². The maximum absolute atomic E-state index is 11.8. The van der Waals surface area contributed by atoms with E-state index in [2.05, 4.69) is 15.2 Å². The summed E-state index contributed by atoms with van der Waals surface area (Å²) in [7, 11) is 0. The zero-order valence-electron chi connectivity index (χ0n) is 12.7. The Morgan fingerprint density at radius 3 is 3.00 bits per heavy atom. The normalized spacial score (nSPS) is 20.3. The van der Waals surface area contributed by atoms with E-state index in [-0.39, 0.29) is 12.1 Å². The number of alkyl carbamates (subject to hydrolysis) is 1. The van der Waals surface area contributed by atoms with E-state index in [9.17, 15) is 4.79 Å². The Bertz CT molecular complexity index is 487. The first-order valence-electron chi connectivity index (χ1n) is 7.14. The second-order valence-corrected chi connectivity index (χ2v) is 8.00. The number of hydrogen-bond acceptors (Lipinski definition) is 5. The third kappa shape index (κ3) is 5.80. The van der Waals surface area contributed by atoms with Gasteiger partial charge >= 0.3 is 6.09 Å². The molecule has 0 aromatic carbocycles. The van der Waals surface area contributed by atoms with Crippen molar-refractivity contribution in [2.24, 2.45) is 0 Å². The molecule has 1 aromatic heterocycles. The predicted molar refractivity (Wildman–Crippen MR) is 84.8 cm³/mol. The number of aromatic nitrogens is 1. The molecule has 1 amide bonds. The molecule has 21 heavy (non-hydrogen) atoms. The number of halogens is 1. The Kier molecular flexibility index (Phi) is 5.46. The van der Waals surface area contributed by atoms with Gasteiger partial charge in [0, 0.05) is 30.2 Å². The number of hydrogen-bond donors (Lipinski definition) is 1. The van der Waals surface area contributed by atoms with Crippen molar-refractivity contribution < 1.29 is 9.53 Å². The lowest BCUT2D eigenvalue weighted by Gasteiger charge is -2.33. The van der Waals surface area contributed by atoms with Crippen LogP contribution in [0.3, 0.4) is 0 Å². The maximum atomic E-state index is 11.8. The summed E-state index contributed by atoms with van der Waals surface area (Å²) in [5, 5.41) is 2.96. The fourth-order valence-electron chi connectivity index (χ4n) is 2.37. The number of piperidine rings is 1. The number of nitrogens with zero attached hydrogens (tertiary/aromatic N) is 2. The Balaban J connectivity index is 1.82. The molecule has 1 aliphatic heterocycles. The van der Waals surface area contributed by atoms with Gasteiger partial charge in [0.2, 0.25) is 0 Å². The lowest BCUT2D eigenvalue weighted by molar-refractivity contribution is 0.0470. The van der Waals surface area contributed by atoms with Gasteiger partial charge in [-0.1, -0.05) is 11.6 Å². The summed E-state index contributed by atoms with van der Waals surface area (Å²) < 4.78 is 5.88. The van der Waals surface area contributed by atoms with Gasteiger partial charge in [0.1, 0.15) is 5.60 Å². The summed E-state index contributed by atoms with van der Waals surface area (Å²) in [5.41, 5.74) is -0.460. The number of amides is 1. The maximum Gasteiger partial charge on any atom is 0.407 e. The minimum atomic E-state index is -0.460. The molecule has 1 aliphatic rings. The molecule has 1 aromatic rings. The van der Waals surface area contributed by atoms with Gasteiger partial charge in [0.15, 0.2) is 4.47 Å². The van der Waals surface area contributed by atoms with Crippen LogP contribution < -0.4 is 5.32 Å². The summed E-state index contributed by atoms with van der Waals surface area (Å²) in [6.45, 7) is 8.29. The average molecular weight is 332 g/mol. The third-order valence-electron chi connectivity index (χ3n) is 3.13. The van der Waals surface area contributed by atoms with Crippen molar-refractivity contribution in [1.82, 2.24) is 15.2 Å². The van der Waals surface area contributed by atoms with Crippen LogP contribution in [0.25, 0.3) is 0 Å². The van der Waals surface area contributed by atoms with Crippen LogP contribution in [0.2, 0.25) is 4.47 Å². The van der Waals surface area contributed by atoms with Crippen molar-refractivity contribution in [3.05, 3.63) is 15.5 Å². The summed E-state index contributed by atoms with van der Waals surface area (Å²) in [4.78, 5) is 19.3. The molecule has 0 bridgehead atoms. The van der Waals surface area contributed by atoms with E-state index in [1.165, 1.54) is 11.3 Å². The van der Waals surface area contributed by atoms with E-state index in [1.807, 2.05) is 27.0 Å². The minimum Gasteiger partial charge on any atom is -0.444 e. The van der Waals surface area contributed by atoms with Crippen molar-refractivity contribution in [2.75, 3.05) is 13.1 Å². The number of carbonyl (C=O) groups excluding carboxylic acids is 1. The number of carbonyl (C=O) groups is 1. The number of nitrogens with one attached hydrogen (secondary N) is 1.